The van der Waals surface area contributed by atoms with Crippen molar-refractivity contribution in [3.63, 3.8) is 0 Å². The summed E-state index contributed by atoms with van der Waals surface area (Å²) >= 11 is 1.46. The number of hydrogen-bond donors (Lipinski definition) is 2. The molecule has 2 unspecified atom stereocenters. The average molecular weight is 394 g/mol. The molecule has 0 bridgehead atoms. The number of fused-ring (bicyclic) bond motifs is 1. The van der Waals surface area contributed by atoms with E-state index in [1.807, 2.05) is 42.6 Å². The first kappa shape index (κ1) is 18.7. The number of thiophene rings is 1. The number of rotatable bonds is 6. The van der Waals surface area contributed by atoms with Gasteiger partial charge in [-0.2, -0.15) is 0 Å². The van der Waals surface area contributed by atoms with Crippen molar-refractivity contribution < 1.29 is 4.42 Å². The van der Waals surface area contributed by atoms with Gasteiger partial charge in [0.1, 0.15) is 16.4 Å². The lowest BCUT2D eigenvalue weighted by Crippen LogP contribution is -2.30. The molecule has 144 valence electrons. The van der Waals surface area contributed by atoms with Gasteiger partial charge < -0.3 is 14.7 Å². The van der Waals surface area contributed by atoms with Gasteiger partial charge in [0.25, 0.3) is 5.56 Å². The first-order valence-electron chi connectivity index (χ1n) is 9.41. The van der Waals surface area contributed by atoms with Crippen LogP contribution in [0.4, 0.5) is 0 Å². The van der Waals surface area contributed by atoms with Crippen LogP contribution in [0.15, 0.2) is 63.3 Å². The van der Waals surface area contributed by atoms with E-state index in [9.17, 15) is 4.79 Å². The largest absolute Gasteiger partial charge is 0.464 e. The monoisotopic (exact) mass is 393 g/mol. The summed E-state index contributed by atoms with van der Waals surface area (Å²) in [6.45, 7) is 6.40. The summed E-state index contributed by atoms with van der Waals surface area (Å²) in [5.74, 6) is 1.72. The second-order valence-corrected chi connectivity index (χ2v) is 8.14. The predicted octanol–water partition coefficient (Wildman–Crippen LogP) is 5.29. The molecule has 0 amide bonds. The zero-order chi connectivity index (χ0) is 19.7. The maximum absolute atomic E-state index is 12.8. The molecule has 0 aliphatic carbocycles. The van der Waals surface area contributed by atoms with Gasteiger partial charge in [0.2, 0.25) is 0 Å². The van der Waals surface area contributed by atoms with Crippen molar-refractivity contribution in [2.24, 2.45) is 5.92 Å². The van der Waals surface area contributed by atoms with Crippen molar-refractivity contribution in [2.45, 2.75) is 32.9 Å². The Labute approximate surface area is 167 Å². The topological polar surface area (TPSA) is 70.9 Å². The van der Waals surface area contributed by atoms with Gasteiger partial charge in [0.05, 0.1) is 17.7 Å². The van der Waals surface area contributed by atoms with Gasteiger partial charge >= 0.3 is 0 Å². The molecule has 0 radical (unpaired) electrons. The second kappa shape index (κ2) is 7.73. The Morgan fingerprint density at radius 1 is 1.11 bits per heavy atom. The van der Waals surface area contributed by atoms with Crippen molar-refractivity contribution >= 4 is 21.6 Å². The minimum atomic E-state index is -0.137. The van der Waals surface area contributed by atoms with E-state index >= 15 is 0 Å². The summed E-state index contributed by atoms with van der Waals surface area (Å²) in [5, 5.41) is 6.14. The Morgan fingerprint density at radius 3 is 2.57 bits per heavy atom. The van der Waals surface area contributed by atoms with Gasteiger partial charge in [0.15, 0.2) is 0 Å². The van der Waals surface area contributed by atoms with Gasteiger partial charge in [-0.1, -0.05) is 44.2 Å². The molecule has 28 heavy (non-hydrogen) atoms. The number of furan rings is 1. The summed E-state index contributed by atoms with van der Waals surface area (Å²) < 4.78 is 5.46. The lowest BCUT2D eigenvalue weighted by Gasteiger charge is -2.26. The van der Waals surface area contributed by atoms with Crippen LogP contribution >= 0.6 is 11.3 Å². The van der Waals surface area contributed by atoms with Crippen LogP contribution in [0.3, 0.4) is 0 Å². The van der Waals surface area contributed by atoms with E-state index in [1.165, 1.54) is 16.9 Å². The molecule has 6 heteroatoms. The fourth-order valence-electron chi connectivity index (χ4n) is 3.47. The van der Waals surface area contributed by atoms with Crippen LogP contribution < -0.4 is 10.9 Å². The fourth-order valence-corrected chi connectivity index (χ4v) is 4.40. The highest BCUT2D eigenvalue weighted by atomic mass is 32.1. The molecule has 5 nitrogen and oxygen atoms in total. The first-order valence-corrected chi connectivity index (χ1v) is 10.3. The Kier molecular flexibility index (Phi) is 5.15. The molecule has 4 aromatic rings. The lowest BCUT2D eigenvalue weighted by atomic mass is 9.95. The summed E-state index contributed by atoms with van der Waals surface area (Å²) in [6, 6.07) is 14.1. The Bertz CT molecular complexity index is 1110. The molecule has 4 rings (SSSR count). The van der Waals surface area contributed by atoms with E-state index in [1.54, 1.807) is 6.26 Å². The summed E-state index contributed by atoms with van der Waals surface area (Å²) in [5.41, 5.74) is 1.88. The Hall–Kier alpha value is -2.70. The number of benzene rings is 1. The van der Waals surface area contributed by atoms with Crippen LogP contribution in [-0.2, 0) is 0 Å². The van der Waals surface area contributed by atoms with Crippen LogP contribution in [0.5, 0.6) is 0 Å². The Balaban J connectivity index is 1.66. The zero-order valence-electron chi connectivity index (χ0n) is 16.1. The van der Waals surface area contributed by atoms with Crippen LogP contribution in [0, 0.1) is 5.92 Å². The molecule has 2 atom stereocenters. The van der Waals surface area contributed by atoms with E-state index in [2.05, 4.69) is 36.3 Å². The highest BCUT2D eigenvalue weighted by Crippen LogP contribution is 2.31. The molecular weight excluding hydrogens is 370 g/mol. The van der Waals surface area contributed by atoms with Crippen molar-refractivity contribution in [3.05, 3.63) is 75.8 Å². The molecule has 0 spiro atoms. The number of H-pyrrole nitrogens is 1. The van der Waals surface area contributed by atoms with Gasteiger partial charge in [-0.25, -0.2) is 4.98 Å². The maximum atomic E-state index is 12.8. The molecule has 2 N–H and O–H groups in total. The van der Waals surface area contributed by atoms with E-state index in [0.29, 0.717) is 22.9 Å². The van der Waals surface area contributed by atoms with Crippen LogP contribution in [-0.4, -0.2) is 9.97 Å². The smallest absolute Gasteiger partial charge is 0.260 e. The van der Waals surface area contributed by atoms with E-state index in [0.717, 1.165) is 10.4 Å². The molecule has 3 heterocycles. The summed E-state index contributed by atoms with van der Waals surface area (Å²) in [4.78, 5) is 21.2. The molecule has 0 fully saturated rings. The van der Waals surface area contributed by atoms with E-state index in [-0.39, 0.29) is 17.6 Å². The first-order chi connectivity index (χ1) is 13.5. The molecule has 0 saturated carbocycles. The molecule has 3 aromatic heterocycles. The second-order valence-electron chi connectivity index (χ2n) is 7.28. The number of aromatic amines is 1. The fraction of sp³-hybridized carbons (Fsp3) is 0.273. The van der Waals surface area contributed by atoms with Crippen LogP contribution in [0.1, 0.15) is 44.2 Å². The standard InChI is InChI=1S/C22H23N3O2S/c1-13(2)19(15-8-5-4-6-9-15)23-14(3)20-24-21(26)18-16(12-28-22(18)25-20)17-10-7-11-27-17/h4-14,19,23H,1-3H3,(H,24,25,26). The van der Waals surface area contributed by atoms with Crippen molar-refractivity contribution in [3.8, 4) is 11.3 Å². The minimum absolute atomic E-state index is 0.0983. The SMILES string of the molecule is CC(NC(c1ccccc1)C(C)C)c1nc2scc(-c3ccco3)c2c(=O)[nH]1. The summed E-state index contributed by atoms with van der Waals surface area (Å²) in [6.07, 6.45) is 1.61. The normalized spacial score (nSPS) is 13.9. The van der Waals surface area contributed by atoms with Crippen molar-refractivity contribution in [1.29, 1.82) is 0 Å². The van der Waals surface area contributed by atoms with Gasteiger partial charge in [-0.3, -0.25) is 4.79 Å². The predicted molar refractivity (Wildman–Crippen MR) is 114 cm³/mol. The highest BCUT2D eigenvalue weighted by molar-refractivity contribution is 7.17. The Morgan fingerprint density at radius 2 is 1.89 bits per heavy atom. The zero-order valence-corrected chi connectivity index (χ0v) is 16.9. The minimum Gasteiger partial charge on any atom is -0.464 e. The van der Waals surface area contributed by atoms with Crippen LogP contribution in [0.2, 0.25) is 0 Å². The van der Waals surface area contributed by atoms with Gasteiger partial charge in [-0.15, -0.1) is 11.3 Å². The molecular formula is C22H23N3O2S. The number of nitrogens with zero attached hydrogens (tertiary/aromatic N) is 1. The number of aromatic nitrogens is 2. The third-order valence-corrected chi connectivity index (χ3v) is 5.79. The van der Waals surface area contributed by atoms with Crippen molar-refractivity contribution in [2.75, 3.05) is 0 Å². The molecule has 0 aliphatic heterocycles. The van der Waals surface area contributed by atoms with E-state index in [4.69, 9.17) is 9.40 Å². The number of nitrogens with one attached hydrogen (secondary N) is 2. The third-order valence-electron chi connectivity index (χ3n) is 4.91. The third kappa shape index (κ3) is 3.53. The maximum Gasteiger partial charge on any atom is 0.260 e. The quantitative estimate of drug-likeness (QED) is 0.467. The summed E-state index contributed by atoms with van der Waals surface area (Å²) in [7, 11) is 0. The lowest BCUT2D eigenvalue weighted by molar-refractivity contribution is 0.367. The molecule has 0 aliphatic rings. The number of hydrogen-bond acceptors (Lipinski definition) is 5. The average Bonchev–Trinajstić information content (AvgIpc) is 3.35. The van der Waals surface area contributed by atoms with Crippen LogP contribution in [0.25, 0.3) is 21.5 Å². The van der Waals surface area contributed by atoms with Gasteiger partial charge in [-0.05, 0) is 30.5 Å². The van der Waals surface area contributed by atoms with E-state index < -0.39 is 0 Å². The van der Waals surface area contributed by atoms with Gasteiger partial charge in [0, 0.05) is 17.0 Å². The van der Waals surface area contributed by atoms with Crippen molar-refractivity contribution in [1.82, 2.24) is 15.3 Å². The highest BCUT2D eigenvalue weighted by Gasteiger charge is 2.21. The molecule has 0 saturated heterocycles. The molecule has 1 aromatic carbocycles.